The molecule has 1 N–H and O–H groups in total. The normalized spacial score (nSPS) is 20.1. The van der Waals surface area contributed by atoms with Gasteiger partial charge in [0.05, 0.1) is 0 Å². The second kappa shape index (κ2) is 7.07. The Morgan fingerprint density at radius 3 is 2.71 bits per heavy atom. The molecule has 0 radical (unpaired) electrons. The minimum absolute atomic E-state index is 0.410. The molecule has 0 bridgehead atoms. The Morgan fingerprint density at radius 1 is 1.33 bits per heavy atom. The van der Waals surface area contributed by atoms with Crippen molar-refractivity contribution in [2.75, 3.05) is 43.4 Å². The SMILES string of the molecule is CCCNc1ncnc(N2CCN(C)CC2C)c1C(C)C. The summed E-state index contributed by atoms with van der Waals surface area (Å²) in [5.74, 6) is 2.52. The fourth-order valence-corrected chi connectivity index (χ4v) is 2.99. The molecule has 1 unspecified atom stereocenters. The van der Waals surface area contributed by atoms with E-state index in [1.54, 1.807) is 6.33 Å². The molecule has 118 valence electrons. The predicted octanol–water partition coefficient (Wildman–Crippen LogP) is 2.56. The summed E-state index contributed by atoms with van der Waals surface area (Å²) in [5.41, 5.74) is 1.25. The summed E-state index contributed by atoms with van der Waals surface area (Å²) < 4.78 is 0. The van der Waals surface area contributed by atoms with Gasteiger partial charge in [-0.15, -0.1) is 0 Å². The third-order valence-corrected chi connectivity index (χ3v) is 4.09. The summed E-state index contributed by atoms with van der Waals surface area (Å²) in [6.07, 6.45) is 2.80. The average Bonchev–Trinajstić information content (AvgIpc) is 2.44. The molecular weight excluding hydrogens is 262 g/mol. The molecule has 1 aliphatic heterocycles. The number of aromatic nitrogens is 2. The summed E-state index contributed by atoms with van der Waals surface area (Å²) in [4.78, 5) is 13.9. The predicted molar refractivity (Wildman–Crippen MR) is 89.2 cm³/mol. The monoisotopic (exact) mass is 291 g/mol. The van der Waals surface area contributed by atoms with E-state index in [4.69, 9.17) is 0 Å². The smallest absolute Gasteiger partial charge is 0.137 e. The van der Waals surface area contributed by atoms with E-state index < -0.39 is 0 Å². The summed E-state index contributed by atoms with van der Waals surface area (Å²) in [6.45, 7) is 13.0. The van der Waals surface area contributed by atoms with Crippen molar-refractivity contribution in [2.24, 2.45) is 0 Å². The maximum absolute atomic E-state index is 4.62. The molecule has 0 aromatic carbocycles. The minimum Gasteiger partial charge on any atom is -0.370 e. The highest BCUT2D eigenvalue weighted by atomic mass is 15.3. The van der Waals surface area contributed by atoms with Gasteiger partial charge in [0.1, 0.15) is 18.0 Å². The van der Waals surface area contributed by atoms with Crippen LogP contribution in [0.25, 0.3) is 0 Å². The van der Waals surface area contributed by atoms with Crippen LogP contribution in [0.4, 0.5) is 11.6 Å². The van der Waals surface area contributed by atoms with Crippen molar-refractivity contribution in [2.45, 2.75) is 46.1 Å². The van der Waals surface area contributed by atoms with E-state index in [9.17, 15) is 0 Å². The van der Waals surface area contributed by atoms with Crippen molar-refractivity contribution in [3.63, 3.8) is 0 Å². The van der Waals surface area contributed by atoms with E-state index in [2.05, 4.69) is 59.8 Å². The Morgan fingerprint density at radius 2 is 2.10 bits per heavy atom. The molecular formula is C16H29N5. The fourth-order valence-electron chi connectivity index (χ4n) is 2.99. The second-order valence-corrected chi connectivity index (χ2v) is 6.35. The van der Waals surface area contributed by atoms with Crippen LogP contribution in [0, 0.1) is 0 Å². The van der Waals surface area contributed by atoms with Gasteiger partial charge < -0.3 is 15.1 Å². The highest BCUT2D eigenvalue weighted by molar-refractivity contribution is 5.61. The largest absolute Gasteiger partial charge is 0.370 e. The summed E-state index contributed by atoms with van der Waals surface area (Å²) in [6, 6.07) is 0.482. The first-order chi connectivity index (χ1) is 10.0. The van der Waals surface area contributed by atoms with E-state index in [0.29, 0.717) is 12.0 Å². The number of hydrogen-bond donors (Lipinski definition) is 1. The molecule has 2 rings (SSSR count). The average molecular weight is 291 g/mol. The standard InChI is InChI=1S/C16H29N5/c1-6-7-17-15-14(12(2)3)16(19-11-18-15)21-9-8-20(5)10-13(21)4/h11-13H,6-10H2,1-5H3,(H,17,18,19). The van der Waals surface area contributed by atoms with Gasteiger partial charge in [-0.1, -0.05) is 20.8 Å². The van der Waals surface area contributed by atoms with Gasteiger partial charge in [-0.05, 0) is 26.3 Å². The zero-order valence-electron chi connectivity index (χ0n) is 14.1. The lowest BCUT2D eigenvalue weighted by atomic mass is 10.0. The van der Waals surface area contributed by atoms with Crippen LogP contribution in [0.5, 0.6) is 0 Å². The van der Waals surface area contributed by atoms with E-state index in [-0.39, 0.29) is 0 Å². The number of nitrogens with zero attached hydrogens (tertiary/aromatic N) is 4. The number of likely N-dealkylation sites (N-methyl/N-ethyl adjacent to an activating group) is 1. The fraction of sp³-hybridized carbons (Fsp3) is 0.750. The van der Waals surface area contributed by atoms with E-state index >= 15 is 0 Å². The van der Waals surface area contributed by atoms with Crippen molar-refractivity contribution >= 4 is 11.6 Å². The molecule has 21 heavy (non-hydrogen) atoms. The number of rotatable bonds is 5. The second-order valence-electron chi connectivity index (χ2n) is 6.35. The van der Waals surface area contributed by atoms with Crippen molar-refractivity contribution in [3.05, 3.63) is 11.9 Å². The summed E-state index contributed by atoms with van der Waals surface area (Å²) in [7, 11) is 2.19. The summed E-state index contributed by atoms with van der Waals surface area (Å²) >= 11 is 0. The van der Waals surface area contributed by atoms with Gasteiger partial charge in [-0.25, -0.2) is 9.97 Å². The molecule has 0 amide bonds. The Labute approximate surface area is 128 Å². The van der Waals surface area contributed by atoms with Crippen LogP contribution >= 0.6 is 0 Å². The third-order valence-electron chi connectivity index (χ3n) is 4.09. The van der Waals surface area contributed by atoms with Crippen molar-refractivity contribution in [1.29, 1.82) is 0 Å². The maximum atomic E-state index is 4.62. The Bertz CT molecular complexity index is 460. The van der Waals surface area contributed by atoms with Crippen LogP contribution in [-0.4, -0.2) is 54.1 Å². The minimum atomic E-state index is 0.410. The molecule has 5 nitrogen and oxygen atoms in total. The quantitative estimate of drug-likeness (QED) is 0.903. The van der Waals surface area contributed by atoms with Gasteiger partial charge in [0, 0.05) is 37.8 Å². The topological polar surface area (TPSA) is 44.3 Å². The molecule has 0 saturated carbocycles. The zero-order valence-corrected chi connectivity index (χ0v) is 14.1. The number of nitrogens with one attached hydrogen (secondary N) is 1. The molecule has 5 heteroatoms. The van der Waals surface area contributed by atoms with Crippen molar-refractivity contribution < 1.29 is 0 Å². The molecule has 1 atom stereocenters. The molecule has 1 fully saturated rings. The van der Waals surface area contributed by atoms with Gasteiger partial charge in [-0.3, -0.25) is 0 Å². The van der Waals surface area contributed by atoms with Gasteiger partial charge in [0.25, 0.3) is 0 Å². The highest BCUT2D eigenvalue weighted by Crippen LogP contribution is 2.32. The van der Waals surface area contributed by atoms with Crippen LogP contribution in [0.15, 0.2) is 6.33 Å². The first-order valence-corrected chi connectivity index (χ1v) is 8.08. The van der Waals surface area contributed by atoms with Gasteiger partial charge in [0.2, 0.25) is 0 Å². The van der Waals surface area contributed by atoms with Gasteiger partial charge in [-0.2, -0.15) is 0 Å². The van der Waals surface area contributed by atoms with E-state index in [1.165, 1.54) is 5.56 Å². The van der Waals surface area contributed by atoms with Crippen LogP contribution in [-0.2, 0) is 0 Å². The van der Waals surface area contributed by atoms with Crippen molar-refractivity contribution in [1.82, 2.24) is 14.9 Å². The Hall–Kier alpha value is -1.36. The lowest BCUT2D eigenvalue weighted by Crippen LogP contribution is -2.51. The van der Waals surface area contributed by atoms with Gasteiger partial charge >= 0.3 is 0 Å². The number of anilines is 2. The molecule has 1 aromatic rings. The molecule has 0 aliphatic carbocycles. The van der Waals surface area contributed by atoms with Crippen LogP contribution in [0.1, 0.15) is 45.6 Å². The summed E-state index contributed by atoms with van der Waals surface area (Å²) in [5, 5.41) is 3.46. The highest BCUT2D eigenvalue weighted by Gasteiger charge is 2.27. The molecule has 0 spiro atoms. The van der Waals surface area contributed by atoms with Crippen LogP contribution in [0.2, 0.25) is 0 Å². The molecule has 2 heterocycles. The number of hydrogen-bond acceptors (Lipinski definition) is 5. The van der Waals surface area contributed by atoms with Gasteiger partial charge in [0.15, 0.2) is 0 Å². The molecule has 1 aliphatic rings. The Kier molecular flexibility index (Phi) is 5.39. The first-order valence-electron chi connectivity index (χ1n) is 8.08. The van der Waals surface area contributed by atoms with E-state index in [1.807, 2.05) is 0 Å². The van der Waals surface area contributed by atoms with Crippen LogP contribution in [0.3, 0.4) is 0 Å². The molecule has 1 aromatic heterocycles. The lowest BCUT2D eigenvalue weighted by Gasteiger charge is -2.40. The number of piperazine rings is 1. The van der Waals surface area contributed by atoms with Crippen molar-refractivity contribution in [3.8, 4) is 0 Å². The lowest BCUT2D eigenvalue weighted by molar-refractivity contribution is 0.274. The molecule has 1 saturated heterocycles. The maximum Gasteiger partial charge on any atom is 0.137 e. The zero-order chi connectivity index (χ0) is 15.4. The first kappa shape index (κ1) is 16.0. The van der Waals surface area contributed by atoms with E-state index in [0.717, 1.165) is 44.2 Å². The third kappa shape index (κ3) is 3.64. The van der Waals surface area contributed by atoms with Crippen LogP contribution < -0.4 is 10.2 Å². The Balaban J connectivity index is 2.33.